The van der Waals surface area contributed by atoms with E-state index >= 15 is 0 Å². The zero-order valence-corrected chi connectivity index (χ0v) is 16.1. The molecule has 0 saturated carbocycles. The highest BCUT2D eigenvalue weighted by Crippen LogP contribution is 2.28. The predicted molar refractivity (Wildman–Crippen MR) is 99.7 cm³/mol. The number of H-pyrrole nitrogens is 1. The van der Waals surface area contributed by atoms with E-state index in [0.717, 1.165) is 19.3 Å². The fourth-order valence-electron chi connectivity index (χ4n) is 3.33. The first-order valence-electron chi connectivity index (χ1n) is 9.62. The molecule has 1 aliphatic rings. The Morgan fingerprint density at radius 1 is 1.36 bits per heavy atom. The Morgan fingerprint density at radius 3 is 2.89 bits per heavy atom. The quantitative estimate of drug-likeness (QED) is 0.552. The van der Waals surface area contributed by atoms with Crippen LogP contribution in [-0.2, 0) is 11.3 Å². The standard InChI is InChI=1S/C18H27N5O5/c1-3-4-5-6-13(24)12-9-22(21-20-12)10-15-14(25)7-16(28-15)23-8-11(2)17(26)19-18(23)27/h8-9,13-16,24-25H,3-7,10H2,1-2H3,(H,19,26,27)/t13?,14-,15-,16-/m1/s1. The van der Waals surface area contributed by atoms with Crippen LogP contribution in [0.25, 0.3) is 0 Å². The number of aromatic nitrogens is 5. The first kappa shape index (κ1) is 20.4. The lowest BCUT2D eigenvalue weighted by Crippen LogP contribution is -2.33. The van der Waals surface area contributed by atoms with Crippen LogP contribution in [0.15, 0.2) is 22.0 Å². The van der Waals surface area contributed by atoms with Crippen molar-refractivity contribution in [2.75, 3.05) is 0 Å². The Morgan fingerprint density at radius 2 is 2.14 bits per heavy atom. The highest BCUT2D eigenvalue weighted by molar-refractivity contribution is 5.02. The van der Waals surface area contributed by atoms with Gasteiger partial charge >= 0.3 is 5.69 Å². The van der Waals surface area contributed by atoms with Gasteiger partial charge in [0.2, 0.25) is 0 Å². The number of aliphatic hydroxyl groups excluding tert-OH is 2. The van der Waals surface area contributed by atoms with Gasteiger partial charge in [-0.3, -0.25) is 14.3 Å². The Hall–Kier alpha value is -2.30. The molecule has 3 rings (SSSR count). The lowest BCUT2D eigenvalue weighted by molar-refractivity contribution is -0.0302. The Labute approximate surface area is 161 Å². The van der Waals surface area contributed by atoms with E-state index < -0.39 is 35.8 Å². The van der Waals surface area contributed by atoms with Crippen LogP contribution in [0.2, 0.25) is 0 Å². The Bertz CT molecular complexity index is 904. The molecule has 0 spiro atoms. The van der Waals surface area contributed by atoms with E-state index in [9.17, 15) is 19.8 Å². The highest BCUT2D eigenvalue weighted by atomic mass is 16.5. The molecule has 154 valence electrons. The molecule has 0 bridgehead atoms. The van der Waals surface area contributed by atoms with Crippen molar-refractivity contribution in [3.05, 3.63) is 44.5 Å². The number of rotatable bonds is 8. The van der Waals surface area contributed by atoms with Crippen molar-refractivity contribution in [3.8, 4) is 0 Å². The number of unbranched alkanes of at least 4 members (excludes halogenated alkanes) is 2. The summed E-state index contributed by atoms with van der Waals surface area (Å²) in [5.74, 6) is 0. The van der Waals surface area contributed by atoms with Crippen LogP contribution >= 0.6 is 0 Å². The van der Waals surface area contributed by atoms with Crippen molar-refractivity contribution in [1.82, 2.24) is 24.5 Å². The Balaban J connectivity index is 1.64. The molecule has 2 aromatic rings. The molecule has 10 nitrogen and oxygen atoms in total. The molecule has 1 saturated heterocycles. The van der Waals surface area contributed by atoms with Crippen molar-refractivity contribution in [2.24, 2.45) is 0 Å². The molecular formula is C18H27N5O5. The van der Waals surface area contributed by atoms with Crippen molar-refractivity contribution < 1.29 is 14.9 Å². The minimum atomic E-state index is -0.800. The first-order valence-corrected chi connectivity index (χ1v) is 9.62. The largest absolute Gasteiger partial charge is 0.390 e. The topological polar surface area (TPSA) is 135 Å². The van der Waals surface area contributed by atoms with Crippen molar-refractivity contribution in [1.29, 1.82) is 0 Å². The molecule has 0 aromatic carbocycles. The van der Waals surface area contributed by atoms with E-state index in [-0.39, 0.29) is 13.0 Å². The van der Waals surface area contributed by atoms with Gasteiger partial charge < -0.3 is 14.9 Å². The highest BCUT2D eigenvalue weighted by Gasteiger charge is 2.36. The summed E-state index contributed by atoms with van der Waals surface area (Å²) in [4.78, 5) is 25.8. The second-order valence-electron chi connectivity index (χ2n) is 7.29. The molecule has 0 amide bonds. The third-order valence-corrected chi connectivity index (χ3v) is 5.01. The van der Waals surface area contributed by atoms with Gasteiger partial charge in [0, 0.05) is 18.2 Å². The van der Waals surface area contributed by atoms with Gasteiger partial charge in [0.05, 0.1) is 24.9 Å². The van der Waals surface area contributed by atoms with E-state index in [1.165, 1.54) is 15.4 Å². The Kier molecular flexibility index (Phi) is 6.42. The zero-order valence-electron chi connectivity index (χ0n) is 16.1. The average molecular weight is 393 g/mol. The first-order chi connectivity index (χ1) is 13.4. The second kappa shape index (κ2) is 8.80. The second-order valence-corrected chi connectivity index (χ2v) is 7.29. The maximum Gasteiger partial charge on any atom is 0.330 e. The summed E-state index contributed by atoms with van der Waals surface area (Å²) in [5.41, 5.74) is -0.137. The monoisotopic (exact) mass is 393 g/mol. The summed E-state index contributed by atoms with van der Waals surface area (Å²) in [6, 6.07) is 0. The van der Waals surface area contributed by atoms with Crippen LogP contribution in [-0.4, -0.2) is 47.0 Å². The molecule has 10 heteroatoms. The molecule has 0 aliphatic carbocycles. The molecule has 3 N–H and O–H groups in total. The zero-order chi connectivity index (χ0) is 20.3. The summed E-state index contributed by atoms with van der Waals surface area (Å²) in [6.45, 7) is 3.94. The van der Waals surface area contributed by atoms with E-state index in [4.69, 9.17) is 4.74 Å². The van der Waals surface area contributed by atoms with Crippen molar-refractivity contribution in [2.45, 2.75) is 77.0 Å². The summed E-state index contributed by atoms with van der Waals surface area (Å²) in [5, 5.41) is 28.5. The van der Waals surface area contributed by atoms with E-state index in [2.05, 4.69) is 22.2 Å². The third-order valence-electron chi connectivity index (χ3n) is 5.01. The van der Waals surface area contributed by atoms with Gasteiger partial charge in [0.25, 0.3) is 5.56 Å². The molecular weight excluding hydrogens is 366 g/mol. The van der Waals surface area contributed by atoms with E-state index in [0.29, 0.717) is 17.7 Å². The van der Waals surface area contributed by atoms with Crippen LogP contribution in [0.4, 0.5) is 0 Å². The normalized spacial score (nSPS) is 23.2. The average Bonchev–Trinajstić information content (AvgIpc) is 3.26. The van der Waals surface area contributed by atoms with Gasteiger partial charge in [-0.25, -0.2) is 9.48 Å². The molecule has 0 radical (unpaired) electrons. The summed E-state index contributed by atoms with van der Waals surface area (Å²) >= 11 is 0. The van der Waals surface area contributed by atoms with Gasteiger partial charge in [-0.15, -0.1) is 5.10 Å². The van der Waals surface area contributed by atoms with Crippen LogP contribution in [0.3, 0.4) is 0 Å². The minimum absolute atomic E-state index is 0.219. The number of aryl methyl sites for hydroxylation is 1. The molecule has 1 aliphatic heterocycles. The number of hydrogen-bond acceptors (Lipinski definition) is 7. The van der Waals surface area contributed by atoms with Gasteiger partial charge in [-0.2, -0.15) is 0 Å². The number of ether oxygens (including phenoxy) is 1. The lowest BCUT2D eigenvalue weighted by atomic mass is 10.1. The van der Waals surface area contributed by atoms with Gasteiger partial charge in [0.1, 0.15) is 18.0 Å². The van der Waals surface area contributed by atoms with Gasteiger partial charge in [-0.05, 0) is 13.3 Å². The van der Waals surface area contributed by atoms with E-state index in [1.54, 1.807) is 13.1 Å². The SMILES string of the molecule is CCCCCC(O)c1cn(C[C@H]2O[C@@H](n3cc(C)c(=O)[nH]c3=O)C[C@H]2O)nn1. The summed E-state index contributed by atoms with van der Waals surface area (Å²) in [6.07, 6.45) is 4.26. The smallest absolute Gasteiger partial charge is 0.330 e. The number of nitrogens with zero attached hydrogens (tertiary/aromatic N) is 4. The molecule has 3 heterocycles. The van der Waals surface area contributed by atoms with Gasteiger partial charge in [-0.1, -0.05) is 31.4 Å². The minimum Gasteiger partial charge on any atom is -0.390 e. The summed E-state index contributed by atoms with van der Waals surface area (Å²) in [7, 11) is 0. The van der Waals surface area contributed by atoms with Crippen molar-refractivity contribution >= 4 is 0 Å². The van der Waals surface area contributed by atoms with Gasteiger partial charge in [0.15, 0.2) is 0 Å². The van der Waals surface area contributed by atoms with Crippen LogP contribution in [0.1, 0.15) is 62.6 Å². The maximum absolute atomic E-state index is 12.0. The lowest BCUT2D eigenvalue weighted by Gasteiger charge is -2.16. The van der Waals surface area contributed by atoms with Crippen LogP contribution in [0.5, 0.6) is 0 Å². The third kappa shape index (κ3) is 4.57. The van der Waals surface area contributed by atoms with E-state index in [1.807, 2.05) is 0 Å². The fourth-order valence-corrected chi connectivity index (χ4v) is 3.33. The van der Waals surface area contributed by atoms with Crippen molar-refractivity contribution in [3.63, 3.8) is 0 Å². The molecule has 2 aromatic heterocycles. The maximum atomic E-state index is 12.0. The fraction of sp³-hybridized carbons (Fsp3) is 0.667. The molecule has 4 atom stereocenters. The predicted octanol–water partition coefficient (Wildman–Crippen LogP) is 0.399. The number of hydrogen-bond donors (Lipinski definition) is 3. The molecule has 1 fully saturated rings. The van der Waals surface area contributed by atoms with Crippen LogP contribution in [0, 0.1) is 6.92 Å². The number of nitrogens with one attached hydrogen (secondary N) is 1. The number of aromatic amines is 1. The number of aliphatic hydroxyl groups is 2. The van der Waals surface area contributed by atoms with Crippen LogP contribution < -0.4 is 11.2 Å². The summed E-state index contributed by atoms with van der Waals surface area (Å²) < 4.78 is 8.63. The molecule has 28 heavy (non-hydrogen) atoms. The molecule has 1 unspecified atom stereocenters.